The van der Waals surface area contributed by atoms with Gasteiger partial charge in [-0.15, -0.1) is 0 Å². The fourth-order valence-corrected chi connectivity index (χ4v) is 2.78. The molecule has 22 heavy (non-hydrogen) atoms. The highest BCUT2D eigenvalue weighted by Crippen LogP contribution is 2.32. The molecule has 1 aliphatic carbocycles. The molecule has 120 valence electrons. The molecule has 0 aliphatic heterocycles. The fraction of sp³-hybridized carbons (Fsp3) is 0.529. The summed E-state index contributed by atoms with van der Waals surface area (Å²) in [5.74, 6) is -0.308. The van der Waals surface area contributed by atoms with Crippen LogP contribution in [-0.4, -0.2) is 25.7 Å². The molecule has 0 aromatic heterocycles. The van der Waals surface area contributed by atoms with Gasteiger partial charge in [-0.05, 0) is 44.0 Å². The van der Waals surface area contributed by atoms with Gasteiger partial charge in [0.05, 0.1) is 25.6 Å². The zero-order valence-corrected chi connectivity index (χ0v) is 13.0. The molecule has 0 spiro atoms. The minimum atomic E-state index is -0.421. The van der Waals surface area contributed by atoms with E-state index in [1.165, 1.54) is 0 Å². The topological polar surface area (TPSA) is 61.8 Å². The Balaban J connectivity index is 2.03. The highest BCUT2D eigenvalue weighted by atomic mass is 16.5. The van der Waals surface area contributed by atoms with Gasteiger partial charge in [0.25, 0.3) is 0 Å². The second-order valence-electron chi connectivity index (χ2n) is 5.35. The zero-order valence-electron chi connectivity index (χ0n) is 13.0. The largest absolute Gasteiger partial charge is 0.497 e. The SMILES string of the molecule is CCOC(=O)C1CCCCC1C(=O)Oc1ccc(OC)cc1. The number of hydrogen-bond donors (Lipinski definition) is 0. The van der Waals surface area contributed by atoms with E-state index in [2.05, 4.69) is 0 Å². The monoisotopic (exact) mass is 306 g/mol. The van der Waals surface area contributed by atoms with Crippen LogP contribution >= 0.6 is 0 Å². The average Bonchev–Trinajstić information content (AvgIpc) is 2.55. The van der Waals surface area contributed by atoms with Gasteiger partial charge in [0.15, 0.2) is 0 Å². The van der Waals surface area contributed by atoms with Crippen molar-refractivity contribution in [1.29, 1.82) is 0 Å². The van der Waals surface area contributed by atoms with Gasteiger partial charge in [0, 0.05) is 0 Å². The van der Waals surface area contributed by atoms with E-state index in [4.69, 9.17) is 14.2 Å². The van der Waals surface area contributed by atoms with Crippen LogP contribution in [0.15, 0.2) is 24.3 Å². The quantitative estimate of drug-likeness (QED) is 0.618. The van der Waals surface area contributed by atoms with E-state index in [-0.39, 0.29) is 17.9 Å². The van der Waals surface area contributed by atoms with E-state index in [1.807, 2.05) is 0 Å². The molecule has 2 atom stereocenters. The Kier molecular flexibility index (Phi) is 5.81. The molecular weight excluding hydrogens is 284 g/mol. The van der Waals surface area contributed by atoms with Gasteiger partial charge in [-0.1, -0.05) is 12.8 Å². The molecule has 1 fully saturated rings. The number of ether oxygens (including phenoxy) is 3. The second-order valence-corrected chi connectivity index (χ2v) is 5.35. The molecule has 0 amide bonds. The van der Waals surface area contributed by atoms with Crippen molar-refractivity contribution in [3.8, 4) is 11.5 Å². The zero-order chi connectivity index (χ0) is 15.9. The summed E-state index contributed by atoms with van der Waals surface area (Å²) in [6.07, 6.45) is 3.22. The minimum absolute atomic E-state index is 0.293. The van der Waals surface area contributed by atoms with E-state index in [0.29, 0.717) is 30.9 Å². The van der Waals surface area contributed by atoms with Gasteiger partial charge in [0.1, 0.15) is 11.5 Å². The van der Waals surface area contributed by atoms with Crippen LogP contribution in [-0.2, 0) is 14.3 Å². The van der Waals surface area contributed by atoms with Crippen molar-refractivity contribution in [3.63, 3.8) is 0 Å². The summed E-state index contributed by atoms with van der Waals surface area (Å²) in [5.41, 5.74) is 0. The summed E-state index contributed by atoms with van der Waals surface area (Å²) < 4.78 is 15.6. The van der Waals surface area contributed by atoms with Gasteiger partial charge in [-0.25, -0.2) is 0 Å². The van der Waals surface area contributed by atoms with Crippen LogP contribution in [0.1, 0.15) is 32.6 Å². The number of hydrogen-bond acceptors (Lipinski definition) is 5. The first-order chi connectivity index (χ1) is 10.7. The third kappa shape index (κ3) is 4.00. The van der Waals surface area contributed by atoms with Crippen molar-refractivity contribution in [3.05, 3.63) is 24.3 Å². The highest BCUT2D eigenvalue weighted by molar-refractivity contribution is 5.83. The van der Waals surface area contributed by atoms with Gasteiger partial charge < -0.3 is 14.2 Å². The molecule has 0 N–H and O–H groups in total. The molecule has 1 aliphatic rings. The summed E-state index contributed by atoms with van der Waals surface area (Å²) in [7, 11) is 1.58. The van der Waals surface area contributed by atoms with E-state index in [0.717, 1.165) is 12.8 Å². The maximum atomic E-state index is 12.4. The van der Waals surface area contributed by atoms with Crippen LogP contribution in [0, 0.1) is 11.8 Å². The van der Waals surface area contributed by atoms with E-state index >= 15 is 0 Å². The molecule has 1 aromatic carbocycles. The van der Waals surface area contributed by atoms with Gasteiger partial charge in [-0.2, -0.15) is 0 Å². The minimum Gasteiger partial charge on any atom is -0.497 e. The number of carbonyl (C=O) groups is 2. The molecule has 2 unspecified atom stereocenters. The molecule has 0 saturated heterocycles. The predicted molar refractivity (Wildman–Crippen MR) is 80.7 cm³/mol. The lowest BCUT2D eigenvalue weighted by molar-refractivity contribution is -0.158. The number of carbonyl (C=O) groups excluding carboxylic acids is 2. The molecule has 5 heteroatoms. The molecule has 1 aromatic rings. The molecule has 2 rings (SSSR count). The lowest BCUT2D eigenvalue weighted by Crippen LogP contribution is -2.36. The summed E-state index contributed by atoms with van der Waals surface area (Å²) in [6, 6.07) is 6.82. The number of benzene rings is 1. The Labute approximate surface area is 130 Å². The first-order valence-corrected chi connectivity index (χ1v) is 7.68. The third-order valence-electron chi connectivity index (χ3n) is 3.94. The molecule has 1 saturated carbocycles. The Morgan fingerprint density at radius 2 is 1.55 bits per heavy atom. The summed E-state index contributed by atoms with van der Waals surface area (Å²) >= 11 is 0. The Bertz CT molecular complexity index is 508. The van der Waals surface area contributed by atoms with Gasteiger partial charge in [0.2, 0.25) is 0 Å². The van der Waals surface area contributed by atoms with Crippen LogP contribution in [0.3, 0.4) is 0 Å². The molecular formula is C17H22O5. The molecule has 0 heterocycles. The maximum Gasteiger partial charge on any atom is 0.315 e. The Hall–Kier alpha value is -2.04. The average molecular weight is 306 g/mol. The Morgan fingerprint density at radius 1 is 1.00 bits per heavy atom. The van der Waals surface area contributed by atoms with Crippen molar-refractivity contribution >= 4 is 11.9 Å². The summed E-state index contributed by atoms with van der Waals surface area (Å²) in [6.45, 7) is 2.10. The predicted octanol–water partition coefficient (Wildman–Crippen LogP) is 2.97. The van der Waals surface area contributed by atoms with Crippen molar-refractivity contribution in [2.24, 2.45) is 11.8 Å². The van der Waals surface area contributed by atoms with Crippen molar-refractivity contribution in [1.82, 2.24) is 0 Å². The van der Waals surface area contributed by atoms with Crippen molar-refractivity contribution in [2.75, 3.05) is 13.7 Å². The standard InChI is InChI=1S/C17H22O5/c1-3-21-16(18)14-6-4-5-7-15(14)17(19)22-13-10-8-12(20-2)9-11-13/h8-11,14-15H,3-7H2,1-2H3. The number of methoxy groups -OCH3 is 1. The van der Waals surface area contributed by atoms with Crippen LogP contribution < -0.4 is 9.47 Å². The smallest absolute Gasteiger partial charge is 0.315 e. The maximum absolute atomic E-state index is 12.4. The first-order valence-electron chi connectivity index (χ1n) is 7.68. The van der Waals surface area contributed by atoms with Crippen molar-refractivity contribution < 1.29 is 23.8 Å². The van der Waals surface area contributed by atoms with E-state index in [9.17, 15) is 9.59 Å². The van der Waals surface area contributed by atoms with Crippen LogP contribution in [0.25, 0.3) is 0 Å². The van der Waals surface area contributed by atoms with Crippen molar-refractivity contribution in [2.45, 2.75) is 32.6 Å². The Morgan fingerprint density at radius 3 is 2.09 bits per heavy atom. The normalized spacial score (nSPS) is 21.0. The summed E-state index contributed by atoms with van der Waals surface area (Å²) in [5, 5.41) is 0. The highest BCUT2D eigenvalue weighted by Gasteiger charge is 2.37. The molecule has 0 bridgehead atoms. The lowest BCUT2D eigenvalue weighted by Gasteiger charge is -2.28. The van der Waals surface area contributed by atoms with Crippen LogP contribution in [0.2, 0.25) is 0 Å². The van der Waals surface area contributed by atoms with E-state index < -0.39 is 5.92 Å². The fourth-order valence-electron chi connectivity index (χ4n) is 2.78. The number of rotatable bonds is 5. The summed E-state index contributed by atoms with van der Waals surface area (Å²) in [4.78, 5) is 24.4. The van der Waals surface area contributed by atoms with Gasteiger partial charge >= 0.3 is 11.9 Å². The van der Waals surface area contributed by atoms with Crippen LogP contribution in [0.4, 0.5) is 0 Å². The lowest BCUT2D eigenvalue weighted by atomic mass is 9.79. The molecule has 5 nitrogen and oxygen atoms in total. The first kappa shape index (κ1) is 16.3. The second kappa shape index (κ2) is 7.82. The van der Waals surface area contributed by atoms with E-state index in [1.54, 1.807) is 38.3 Å². The molecule has 0 radical (unpaired) electrons. The number of esters is 2. The van der Waals surface area contributed by atoms with Crippen LogP contribution in [0.5, 0.6) is 11.5 Å². The van der Waals surface area contributed by atoms with Gasteiger partial charge in [-0.3, -0.25) is 9.59 Å². The third-order valence-corrected chi connectivity index (χ3v) is 3.94.